The van der Waals surface area contributed by atoms with E-state index < -0.39 is 0 Å². The zero-order chi connectivity index (χ0) is 13.0. The van der Waals surface area contributed by atoms with Gasteiger partial charge in [0.25, 0.3) is 0 Å². The van der Waals surface area contributed by atoms with Crippen molar-refractivity contribution < 1.29 is 4.39 Å². The molecule has 2 aromatic rings. The topological polar surface area (TPSA) is 24.9 Å². The number of nitrogens with one attached hydrogen (secondary N) is 1. The Kier molecular flexibility index (Phi) is 4.05. The van der Waals surface area contributed by atoms with Crippen molar-refractivity contribution in [2.75, 3.05) is 7.05 Å². The van der Waals surface area contributed by atoms with E-state index in [1.54, 1.807) is 0 Å². The van der Waals surface area contributed by atoms with Gasteiger partial charge in [-0.1, -0.05) is 18.2 Å². The highest BCUT2D eigenvalue weighted by Gasteiger charge is 2.10. The first-order valence-electron chi connectivity index (χ1n) is 6.02. The molecule has 2 rings (SSSR count). The lowest BCUT2D eigenvalue weighted by molar-refractivity contribution is 0.586. The summed E-state index contributed by atoms with van der Waals surface area (Å²) in [5.41, 5.74) is 3.41. The lowest BCUT2D eigenvalue weighted by Crippen LogP contribution is -2.19. The van der Waals surface area contributed by atoms with E-state index in [1.807, 2.05) is 38.5 Å². The van der Waals surface area contributed by atoms with Crippen molar-refractivity contribution in [3.8, 4) is 0 Å². The Hall–Kier alpha value is -1.74. The highest BCUT2D eigenvalue weighted by atomic mass is 19.1. The van der Waals surface area contributed by atoms with Crippen LogP contribution in [0.4, 0.5) is 4.39 Å². The molecule has 3 heteroatoms. The molecule has 1 heterocycles. The molecule has 0 aliphatic heterocycles. The van der Waals surface area contributed by atoms with Gasteiger partial charge in [0.15, 0.2) is 0 Å². The van der Waals surface area contributed by atoms with Crippen LogP contribution < -0.4 is 5.32 Å². The fraction of sp³-hybridized carbons (Fsp3) is 0.267. The minimum atomic E-state index is -0.197. The maximum Gasteiger partial charge on any atom is 0.123 e. The number of hydrogen-bond acceptors (Lipinski definition) is 2. The summed E-state index contributed by atoms with van der Waals surface area (Å²) in [7, 11) is 1.93. The van der Waals surface area contributed by atoms with E-state index in [2.05, 4.69) is 16.4 Å². The van der Waals surface area contributed by atoms with E-state index in [0.717, 1.165) is 23.1 Å². The summed E-state index contributed by atoms with van der Waals surface area (Å²) in [4.78, 5) is 4.21. The van der Waals surface area contributed by atoms with Gasteiger partial charge in [-0.05, 0) is 49.2 Å². The Labute approximate surface area is 107 Å². The lowest BCUT2D eigenvalue weighted by atomic mass is 9.99. The number of nitrogens with zero attached hydrogens (tertiary/aromatic N) is 1. The molecule has 0 spiro atoms. The van der Waals surface area contributed by atoms with Gasteiger partial charge in [-0.25, -0.2) is 4.39 Å². The number of aromatic nitrogens is 1. The maximum atomic E-state index is 12.9. The van der Waals surface area contributed by atoms with Gasteiger partial charge in [-0.3, -0.25) is 4.98 Å². The minimum absolute atomic E-state index is 0.197. The van der Waals surface area contributed by atoms with Crippen molar-refractivity contribution in [1.29, 1.82) is 0 Å². The third-order valence-corrected chi connectivity index (χ3v) is 3.00. The molecule has 0 bridgehead atoms. The summed E-state index contributed by atoms with van der Waals surface area (Å²) in [6.45, 7) is 2.03. The summed E-state index contributed by atoms with van der Waals surface area (Å²) in [5.74, 6) is -0.197. The predicted octanol–water partition coefficient (Wildman–Crippen LogP) is 3.03. The summed E-state index contributed by atoms with van der Waals surface area (Å²) >= 11 is 0. The average Bonchev–Trinajstić information content (AvgIpc) is 2.38. The van der Waals surface area contributed by atoms with Crippen molar-refractivity contribution in [3.63, 3.8) is 0 Å². The number of pyridine rings is 1. The van der Waals surface area contributed by atoms with Crippen LogP contribution in [0, 0.1) is 12.7 Å². The molecule has 0 saturated heterocycles. The molecule has 0 aliphatic carbocycles. The number of rotatable bonds is 4. The number of aryl methyl sites for hydroxylation is 1. The van der Waals surface area contributed by atoms with Gasteiger partial charge in [0, 0.05) is 18.4 Å². The Morgan fingerprint density at radius 1 is 1.22 bits per heavy atom. The normalized spacial score (nSPS) is 12.4. The van der Waals surface area contributed by atoms with E-state index in [9.17, 15) is 4.39 Å². The molecule has 1 unspecified atom stereocenters. The fourth-order valence-electron chi connectivity index (χ4n) is 2.01. The maximum absolute atomic E-state index is 12.9. The third-order valence-electron chi connectivity index (χ3n) is 3.00. The quantitative estimate of drug-likeness (QED) is 0.894. The van der Waals surface area contributed by atoms with Crippen LogP contribution >= 0.6 is 0 Å². The summed E-state index contributed by atoms with van der Waals surface area (Å²) in [5, 5.41) is 3.27. The van der Waals surface area contributed by atoms with Crippen LogP contribution in [0.25, 0.3) is 0 Å². The second-order valence-electron chi connectivity index (χ2n) is 4.47. The molecular weight excluding hydrogens is 227 g/mol. The number of likely N-dealkylation sites (N-methyl/N-ethyl adjacent to an activating group) is 1. The molecule has 0 radical (unpaired) electrons. The third kappa shape index (κ3) is 3.14. The molecular formula is C15H17FN2. The molecule has 1 N–H and O–H groups in total. The van der Waals surface area contributed by atoms with Crippen LogP contribution in [-0.4, -0.2) is 12.0 Å². The van der Waals surface area contributed by atoms with Crippen molar-refractivity contribution in [2.24, 2.45) is 0 Å². The molecule has 18 heavy (non-hydrogen) atoms. The van der Waals surface area contributed by atoms with E-state index >= 15 is 0 Å². The SMILES string of the molecule is CNC(Cc1ccc(F)cc1)c1cncc(C)c1. The fourth-order valence-corrected chi connectivity index (χ4v) is 2.01. The Balaban J connectivity index is 2.17. The molecule has 94 valence electrons. The summed E-state index contributed by atoms with van der Waals surface area (Å²) in [6, 6.07) is 8.96. The second-order valence-corrected chi connectivity index (χ2v) is 4.47. The standard InChI is InChI=1S/C15H17FN2/c1-11-7-13(10-18-9-11)15(17-2)8-12-3-5-14(16)6-4-12/h3-7,9-10,15,17H,8H2,1-2H3. The molecule has 0 fully saturated rings. The van der Waals surface area contributed by atoms with Crippen LogP contribution in [0.1, 0.15) is 22.7 Å². The zero-order valence-electron chi connectivity index (χ0n) is 10.7. The van der Waals surface area contributed by atoms with Gasteiger partial charge in [-0.15, -0.1) is 0 Å². The number of hydrogen-bond donors (Lipinski definition) is 1. The van der Waals surface area contributed by atoms with E-state index in [1.165, 1.54) is 12.1 Å². The lowest BCUT2D eigenvalue weighted by Gasteiger charge is -2.16. The molecule has 0 amide bonds. The van der Waals surface area contributed by atoms with Crippen molar-refractivity contribution in [1.82, 2.24) is 10.3 Å². The first-order chi connectivity index (χ1) is 8.69. The zero-order valence-corrected chi connectivity index (χ0v) is 10.7. The van der Waals surface area contributed by atoms with Gasteiger partial charge in [0.05, 0.1) is 0 Å². The van der Waals surface area contributed by atoms with Gasteiger partial charge in [-0.2, -0.15) is 0 Å². The van der Waals surface area contributed by atoms with E-state index in [-0.39, 0.29) is 11.9 Å². The number of benzene rings is 1. The van der Waals surface area contributed by atoms with Crippen molar-refractivity contribution in [3.05, 3.63) is 65.2 Å². The predicted molar refractivity (Wildman–Crippen MR) is 70.9 cm³/mol. The number of halogens is 1. The Bertz CT molecular complexity index is 508. The van der Waals surface area contributed by atoms with Crippen molar-refractivity contribution in [2.45, 2.75) is 19.4 Å². The van der Waals surface area contributed by atoms with Crippen LogP contribution in [0.5, 0.6) is 0 Å². The molecule has 1 aromatic carbocycles. The Morgan fingerprint density at radius 2 is 1.94 bits per heavy atom. The van der Waals surface area contributed by atoms with Crippen molar-refractivity contribution >= 4 is 0 Å². The molecule has 0 saturated carbocycles. The molecule has 1 aromatic heterocycles. The second kappa shape index (κ2) is 5.74. The molecule has 0 aliphatic rings. The van der Waals surface area contributed by atoms with Gasteiger partial charge >= 0.3 is 0 Å². The van der Waals surface area contributed by atoms with Crippen LogP contribution in [0.3, 0.4) is 0 Å². The van der Waals surface area contributed by atoms with Gasteiger partial charge in [0.2, 0.25) is 0 Å². The molecule has 1 atom stereocenters. The molecule has 2 nitrogen and oxygen atoms in total. The Morgan fingerprint density at radius 3 is 2.56 bits per heavy atom. The smallest absolute Gasteiger partial charge is 0.123 e. The first kappa shape index (κ1) is 12.7. The van der Waals surface area contributed by atoms with Gasteiger partial charge in [0.1, 0.15) is 5.82 Å². The van der Waals surface area contributed by atoms with Gasteiger partial charge < -0.3 is 5.32 Å². The summed E-state index contributed by atoms with van der Waals surface area (Å²) in [6.07, 6.45) is 4.54. The largest absolute Gasteiger partial charge is 0.313 e. The minimum Gasteiger partial charge on any atom is -0.313 e. The monoisotopic (exact) mass is 244 g/mol. The average molecular weight is 244 g/mol. The van der Waals surface area contributed by atoms with Crippen LogP contribution in [-0.2, 0) is 6.42 Å². The van der Waals surface area contributed by atoms with E-state index in [4.69, 9.17) is 0 Å². The highest BCUT2D eigenvalue weighted by molar-refractivity contribution is 5.24. The van der Waals surface area contributed by atoms with Crippen LogP contribution in [0.15, 0.2) is 42.7 Å². The summed E-state index contributed by atoms with van der Waals surface area (Å²) < 4.78 is 12.9. The van der Waals surface area contributed by atoms with Crippen LogP contribution in [0.2, 0.25) is 0 Å². The highest BCUT2D eigenvalue weighted by Crippen LogP contribution is 2.18. The first-order valence-corrected chi connectivity index (χ1v) is 6.02. The van der Waals surface area contributed by atoms with E-state index in [0.29, 0.717) is 0 Å².